The number of hydrogen-bond acceptors (Lipinski definition) is 3. The molecule has 2 aliphatic heterocycles. The number of amides is 2. The lowest BCUT2D eigenvalue weighted by molar-refractivity contribution is -0.135. The van der Waals surface area contributed by atoms with Crippen LogP contribution in [0.2, 0.25) is 0 Å². The fraction of sp³-hybridized carbons (Fsp3) is 0.619. The van der Waals surface area contributed by atoms with Gasteiger partial charge in [0.1, 0.15) is 17.7 Å². The third kappa shape index (κ3) is 4.40. The number of halogens is 3. The molecule has 0 spiro atoms. The fourth-order valence-corrected chi connectivity index (χ4v) is 5.05. The molecular weight excluding hydrogens is 400 g/mol. The van der Waals surface area contributed by atoms with Crippen molar-refractivity contribution in [2.45, 2.75) is 50.6 Å². The second-order valence-corrected chi connectivity index (χ2v) is 8.13. The molecular formula is C21H28ClF2N3O2. The van der Waals surface area contributed by atoms with Gasteiger partial charge in [0, 0.05) is 31.7 Å². The highest BCUT2D eigenvalue weighted by Crippen LogP contribution is 2.41. The van der Waals surface area contributed by atoms with Crippen LogP contribution in [-0.4, -0.2) is 59.9 Å². The third-order valence-corrected chi connectivity index (χ3v) is 6.42. The van der Waals surface area contributed by atoms with Gasteiger partial charge in [-0.2, -0.15) is 0 Å². The fourth-order valence-electron chi connectivity index (χ4n) is 5.05. The van der Waals surface area contributed by atoms with Gasteiger partial charge in [0.15, 0.2) is 0 Å². The van der Waals surface area contributed by atoms with Crippen LogP contribution in [0.4, 0.5) is 8.78 Å². The zero-order valence-corrected chi connectivity index (χ0v) is 17.2. The van der Waals surface area contributed by atoms with Gasteiger partial charge in [-0.15, -0.1) is 12.4 Å². The van der Waals surface area contributed by atoms with Gasteiger partial charge < -0.3 is 15.1 Å². The Balaban J connectivity index is 0.00000240. The standard InChI is InChI=1S/C21H27F2N3O2.ClH/c22-15-6-7-16(17(23)13-15)20(27)26-18-5-2-1-4-14(18)12-19(26)21(28)25-10-3-8-24-9-11-25;/h6-7,13-14,18-19,24H,1-5,8-12H2;1H. The van der Waals surface area contributed by atoms with Gasteiger partial charge in [-0.05, 0) is 50.3 Å². The minimum absolute atomic E-state index is 0. The lowest BCUT2D eigenvalue weighted by atomic mass is 9.84. The first kappa shape index (κ1) is 22.0. The number of rotatable bonds is 2. The van der Waals surface area contributed by atoms with E-state index in [0.29, 0.717) is 19.5 Å². The summed E-state index contributed by atoms with van der Waals surface area (Å²) in [6, 6.07) is 2.44. The summed E-state index contributed by atoms with van der Waals surface area (Å²) in [4.78, 5) is 30.1. The van der Waals surface area contributed by atoms with Gasteiger partial charge in [0.05, 0.1) is 5.56 Å². The molecule has 3 aliphatic rings. The molecule has 3 unspecified atom stereocenters. The number of carbonyl (C=O) groups excluding carboxylic acids is 2. The molecule has 3 fully saturated rings. The first-order valence-electron chi connectivity index (χ1n) is 10.3. The van der Waals surface area contributed by atoms with Crippen molar-refractivity contribution < 1.29 is 18.4 Å². The summed E-state index contributed by atoms with van der Waals surface area (Å²) in [5.74, 6) is -1.82. The van der Waals surface area contributed by atoms with Crippen LogP contribution >= 0.6 is 12.4 Å². The number of nitrogens with one attached hydrogen (secondary N) is 1. The van der Waals surface area contributed by atoms with Gasteiger partial charge >= 0.3 is 0 Å². The summed E-state index contributed by atoms with van der Waals surface area (Å²) in [5.41, 5.74) is -0.150. The zero-order chi connectivity index (χ0) is 19.7. The van der Waals surface area contributed by atoms with Crippen LogP contribution < -0.4 is 5.32 Å². The van der Waals surface area contributed by atoms with E-state index in [-0.39, 0.29) is 35.8 Å². The lowest BCUT2D eigenvalue weighted by Crippen LogP contribution is -2.51. The maximum atomic E-state index is 14.3. The Morgan fingerprint density at radius 2 is 1.83 bits per heavy atom. The molecule has 1 saturated carbocycles. The first-order valence-corrected chi connectivity index (χ1v) is 10.3. The van der Waals surface area contributed by atoms with E-state index in [1.807, 2.05) is 4.90 Å². The Morgan fingerprint density at radius 3 is 2.62 bits per heavy atom. The van der Waals surface area contributed by atoms with Crippen molar-refractivity contribution >= 4 is 24.2 Å². The molecule has 3 atom stereocenters. The van der Waals surface area contributed by atoms with Crippen molar-refractivity contribution in [1.29, 1.82) is 0 Å². The summed E-state index contributed by atoms with van der Waals surface area (Å²) >= 11 is 0. The van der Waals surface area contributed by atoms with Gasteiger partial charge in [0.2, 0.25) is 5.91 Å². The Hall–Kier alpha value is -1.73. The molecule has 2 heterocycles. The summed E-state index contributed by atoms with van der Waals surface area (Å²) < 4.78 is 27.6. The van der Waals surface area contributed by atoms with E-state index in [1.165, 1.54) is 6.07 Å². The molecule has 160 valence electrons. The monoisotopic (exact) mass is 427 g/mol. The van der Waals surface area contributed by atoms with E-state index in [2.05, 4.69) is 5.32 Å². The number of hydrogen-bond donors (Lipinski definition) is 1. The zero-order valence-electron chi connectivity index (χ0n) is 16.4. The van der Waals surface area contributed by atoms with Crippen molar-refractivity contribution in [2.75, 3.05) is 26.2 Å². The number of fused-ring (bicyclic) bond motifs is 1. The highest BCUT2D eigenvalue weighted by Gasteiger charge is 2.48. The molecule has 1 N–H and O–H groups in total. The van der Waals surface area contributed by atoms with Gasteiger partial charge in [0.25, 0.3) is 5.91 Å². The van der Waals surface area contributed by atoms with Crippen LogP contribution in [0.5, 0.6) is 0 Å². The van der Waals surface area contributed by atoms with Gasteiger partial charge in [-0.1, -0.05) is 12.8 Å². The van der Waals surface area contributed by atoms with Crippen molar-refractivity contribution in [3.05, 3.63) is 35.4 Å². The van der Waals surface area contributed by atoms with Crippen LogP contribution in [-0.2, 0) is 4.79 Å². The summed E-state index contributed by atoms with van der Waals surface area (Å²) in [6.07, 6.45) is 5.46. The van der Waals surface area contributed by atoms with E-state index >= 15 is 0 Å². The topological polar surface area (TPSA) is 52.7 Å². The minimum Gasteiger partial charge on any atom is -0.340 e. The molecule has 0 radical (unpaired) electrons. The van der Waals surface area contributed by atoms with E-state index in [0.717, 1.165) is 57.3 Å². The highest BCUT2D eigenvalue weighted by molar-refractivity contribution is 5.98. The lowest BCUT2D eigenvalue weighted by Gasteiger charge is -2.35. The van der Waals surface area contributed by atoms with Gasteiger partial charge in [-0.3, -0.25) is 9.59 Å². The maximum Gasteiger partial charge on any atom is 0.257 e. The molecule has 2 saturated heterocycles. The average Bonchev–Trinajstić information content (AvgIpc) is 2.86. The van der Waals surface area contributed by atoms with Crippen LogP contribution in [0, 0.1) is 17.6 Å². The van der Waals surface area contributed by atoms with E-state index in [4.69, 9.17) is 0 Å². The summed E-state index contributed by atoms with van der Waals surface area (Å²) in [6.45, 7) is 2.91. The first-order chi connectivity index (χ1) is 13.6. The normalized spacial score (nSPS) is 27.0. The minimum atomic E-state index is -0.866. The molecule has 29 heavy (non-hydrogen) atoms. The largest absolute Gasteiger partial charge is 0.340 e. The van der Waals surface area contributed by atoms with Crippen molar-refractivity contribution in [1.82, 2.24) is 15.1 Å². The van der Waals surface area contributed by atoms with Crippen molar-refractivity contribution in [2.24, 2.45) is 5.92 Å². The molecule has 1 aliphatic carbocycles. The Morgan fingerprint density at radius 1 is 1.03 bits per heavy atom. The predicted molar refractivity (Wildman–Crippen MR) is 108 cm³/mol. The SMILES string of the molecule is Cl.O=C(C1CC2CCCCC2N1C(=O)c1ccc(F)cc1F)N1CCCNCC1. The Bertz CT molecular complexity index is 755. The van der Waals surface area contributed by atoms with Crippen LogP contribution in [0.25, 0.3) is 0 Å². The van der Waals surface area contributed by atoms with E-state index in [9.17, 15) is 18.4 Å². The molecule has 5 nitrogen and oxygen atoms in total. The Labute approximate surface area is 176 Å². The Kier molecular flexibility index (Phi) is 7.11. The van der Waals surface area contributed by atoms with Gasteiger partial charge in [-0.25, -0.2) is 8.78 Å². The number of likely N-dealkylation sites (tertiary alicyclic amines) is 1. The van der Waals surface area contributed by atoms with Crippen molar-refractivity contribution in [3.8, 4) is 0 Å². The molecule has 2 amide bonds. The quantitative estimate of drug-likeness (QED) is 0.789. The molecule has 1 aromatic rings. The molecule has 8 heteroatoms. The maximum absolute atomic E-state index is 14.3. The molecule has 1 aromatic carbocycles. The predicted octanol–water partition coefficient (Wildman–Crippen LogP) is 2.98. The number of nitrogens with zero attached hydrogens (tertiary/aromatic N) is 2. The summed E-state index contributed by atoms with van der Waals surface area (Å²) in [7, 11) is 0. The molecule has 0 aromatic heterocycles. The van der Waals surface area contributed by atoms with E-state index in [1.54, 1.807) is 4.90 Å². The smallest absolute Gasteiger partial charge is 0.257 e. The second-order valence-electron chi connectivity index (χ2n) is 8.13. The third-order valence-electron chi connectivity index (χ3n) is 6.42. The average molecular weight is 428 g/mol. The van der Waals surface area contributed by atoms with Crippen LogP contribution in [0.1, 0.15) is 48.9 Å². The van der Waals surface area contributed by atoms with Crippen LogP contribution in [0.15, 0.2) is 18.2 Å². The summed E-state index contributed by atoms with van der Waals surface area (Å²) in [5, 5.41) is 3.29. The number of benzene rings is 1. The van der Waals surface area contributed by atoms with E-state index < -0.39 is 23.6 Å². The molecule has 0 bridgehead atoms. The highest BCUT2D eigenvalue weighted by atomic mass is 35.5. The second kappa shape index (κ2) is 9.39. The van der Waals surface area contributed by atoms with Crippen molar-refractivity contribution in [3.63, 3.8) is 0 Å². The van der Waals surface area contributed by atoms with Crippen LogP contribution in [0.3, 0.4) is 0 Å². The molecule has 4 rings (SSSR count). The number of carbonyl (C=O) groups is 2.